The number of likely N-dealkylation sites (tertiary alicyclic amines) is 1. The van der Waals surface area contributed by atoms with Crippen LogP contribution in [0.3, 0.4) is 0 Å². The molecule has 1 heterocycles. The molecule has 6 nitrogen and oxygen atoms in total. The summed E-state index contributed by atoms with van der Waals surface area (Å²) in [5, 5.41) is 13.5. The summed E-state index contributed by atoms with van der Waals surface area (Å²) in [7, 11) is -3.69. The summed E-state index contributed by atoms with van der Waals surface area (Å²) >= 11 is 0. The molecule has 1 unspecified atom stereocenters. The molecule has 1 amide bonds. The van der Waals surface area contributed by atoms with Crippen molar-refractivity contribution in [3.05, 3.63) is 35.4 Å². The van der Waals surface area contributed by atoms with E-state index in [2.05, 4.69) is 0 Å². The van der Waals surface area contributed by atoms with Crippen molar-refractivity contribution in [3.8, 4) is 0 Å². The Balaban J connectivity index is 2.14. The van der Waals surface area contributed by atoms with Crippen molar-refractivity contribution in [2.75, 3.05) is 6.54 Å². The van der Waals surface area contributed by atoms with Crippen molar-refractivity contribution in [1.29, 1.82) is 0 Å². The molecule has 0 aliphatic carbocycles. The third-order valence-electron chi connectivity index (χ3n) is 3.29. The summed E-state index contributed by atoms with van der Waals surface area (Å²) in [6, 6.07) is 7.19. The zero-order valence-electron chi connectivity index (χ0n) is 10.3. The highest BCUT2D eigenvalue weighted by atomic mass is 32.2. The maximum atomic E-state index is 11.8. The van der Waals surface area contributed by atoms with Gasteiger partial charge in [0.25, 0.3) is 0 Å². The number of amides is 1. The number of hydrogen-bond acceptors (Lipinski definition) is 4. The molecule has 1 aromatic carbocycles. The number of benzene rings is 1. The van der Waals surface area contributed by atoms with Gasteiger partial charge in [-0.2, -0.15) is 0 Å². The van der Waals surface area contributed by atoms with Gasteiger partial charge in [0.05, 0.1) is 6.61 Å². The number of nitrogens with zero attached hydrogens (tertiary/aromatic N) is 1. The van der Waals surface area contributed by atoms with E-state index in [9.17, 15) is 18.3 Å². The Morgan fingerprint density at radius 2 is 1.95 bits per heavy atom. The molecule has 0 radical (unpaired) electrons. The third kappa shape index (κ3) is 3.12. The second-order valence-electron chi connectivity index (χ2n) is 4.62. The number of carbonyl (C=O) groups excluding carboxylic acids is 1. The first-order valence-corrected chi connectivity index (χ1v) is 7.50. The van der Waals surface area contributed by atoms with Crippen molar-refractivity contribution < 1.29 is 18.3 Å². The van der Waals surface area contributed by atoms with Crippen LogP contribution in [0.2, 0.25) is 0 Å². The van der Waals surface area contributed by atoms with E-state index in [0.29, 0.717) is 6.54 Å². The van der Waals surface area contributed by atoms with E-state index in [0.717, 1.165) is 11.1 Å². The highest BCUT2D eigenvalue weighted by molar-refractivity contribution is 7.89. The van der Waals surface area contributed by atoms with Crippen LogP contribution in [0.5, 0.6) is 0 Å². The van der Waals surface area contributed by atoms with Crippen molar-refractivity contribution in [2.24, 2.45) is 5.14 Å². The molecule has 0 bridgehead atoms. The van der Waals surface area contributed by atoms with Crippen molar-refractivity contribution >= 4 is 15.9 Å². The van der Waals surface area contributed by atoms with Crippen LogP contribution in [0.15, 0.2) is 24.3 Å². The molecule has 19 heavy (non-hydrogen) atoms. The number of hydrogen-bond donors (Lipinski definition) is 2. The number of nitrogens with two attached hydrogens (primary N) is 1. The minimum absolute atomic E-state index is 0.0693. The average Bonchev–Trinajstić information content (AvgIpc) is 2.72. The van der Waals surface area contributed by atoms with Crippen LogP contribution in [-0.2, 0) is 28.0 Å². The second-order valence-corrected chi connectivity index (χ2v) is 6.46. The summed E-state index contributed by atoms with van der Waals surface area (Å²) in [4.78, 5) is 13.2. The van der Waals surface area contributed by atoms with E-state index in [1.54, 1.807) is 12.1 Å². The maximum Gasteiger partial charge on any atom is 0.224 e. The molecular weight excluding hydrogens is 268 g/mol. The van der Waals surface area contributed by atoms with Gasteiger partial charge in [0.1, 0.15) is 5.25 Å². The van der Waals surface area contributed by atoms with Gasteiger partial charge in [-0.05, 0) is 11.1 Å². The van der Waals surface area contributed by atoms with E-state index in [1.165, 1.54) is 4.90 Å². The van der Waals surface area contributed by atoms with Crippen LogP contribution in [-0.4, -0.2) is 36.1 Å². The van der Waals surface area contributed by atoms with Gasteiger partial charge in [0.15, 0.2) is 0 Å². The Labute approximate surface area is 111 Å². The fourth-order valence-corrected chi connectivity index (χ4v) is 2.94. The molecule has 7 heteroatoms. The lowest BCUT2D eigenvalue weighted by Gasteiger charge is -2.18. The molecule has 0 saturated carbocycles. The summed E-state index contributed by atoms with van der Waals surface area (Å²) in [6.45, 7) is 0.288. The zero-order valence-corrected chi connectivity index (χ0v) is 11.1. The predicted molar refractivity (Wildman–Crippen MR) is 69.3 cm³/mol. The summed E-state index contributed by atoms with van der Waals surface area (Å²) in [5.74, 6) is -0.230. The number of carbonyl (C=O) groups is 1. The zero-order chi connectivity index (χ0) is 14.0. The second kappa shape index (κ2) is 5.28. The summed E-state index contributed by atoms with van der Waals surface area (Å²) < 4.78 is 22.5. The monoisotopic (exact) mass is 284 g/mol. The molecule has 1 aliphatic heterocycles. The summed E-state index contributed by atoms with van der Waals surface area (Å²) in [6.07, 6.45) is -0.0693. The largest absolute Gasteiger partial charge is 0.392 e. The first-order chi connectivity index (χ1) is 8.91. The van der Waals surface area contributed by atoms with Gasteiger partial charge in [-0.1, -0.05) is 24.3 Å². The fraction of sp³-hybridized carbons (Fsp3) is 0.417. The SMILES string of the molecule is NS(=O)(=O)C1CC(=O)N(Cc2ccccc2CO)C1. The van der Waals surface area contributed by atoms with Gasteiger partial charge in [0, 0.05) is 19.5 Å². The number of aliphatic hydroxyl groups excluding tert-OH is 1. The van der Waals surface area contributed by atoms with Gasteiger partial charge >= 0.3 is 0 Å². The topological polar surface area (TPSA) is 101 Å². The first-order valence-electron chi connectivity index (χ1n) is 5.89. The summed E-state index contributed by atoms with van der Waals surface area (Å²) in [5.41, 5.74) is 1.54. The Kier molecular flexibility index (Phi) is 3.88. The van der Waals surface area contributed by atoms with Crippen LogP contribution in [0.25, 0.3) is 0 Å². The van der Waals surface area contributed by atoms with Crippen LogP contribution in [0, 0.1) is 0 Å². The number of aliphatic hydroxyl groups is 1. The lowest BCUT2D eigenvalue weighted by Crippen LogP contribution is -2.32. The molecule has 1 saturated heterocycles. The Morgan fingerprint density at radius 1 is 1.32 bits per heavy atom. The molecule has 1 aromatic rings. The molecule has 104 valence electrons. The molecule has 2 rings (SSSR count). The standard InChI is InChI=1S/C12H16N2O4S/c13-19(17,18)11-5-12(16)14(7-11)6-9-3-1-2-4-10(9)8-15/h1-4,11,15H,5-8H2,(H2,13,17,18). The molecule has 1 fully saturated rings. The molecule has 3 N–H and O–H groups in total. The molecule has 1 aliphatic rings. The quantitative estimate of drug-likeness (QED) is 0.783. The maximum absolute atomic E-state index is 11.8. The number of primary sulfonamides is 1. The van der Waals surface area contributed by atoms with Crippen LogP contribution in [0.1, 0.15) is 17.5 Å². The smallest absolute Gasteiger partial charge is 0.224 e. The third-order valence-corrected chi connectivity index (χ3v) is 4.54. The highest BCUT2D eigenvalue weighted by Crippen LogP contribution is 2.20. The van der Waals surface area contributed by atoms with Crippen molar-refractivity contribution in [3.63, 3.8) is 0 Å². The predicted octanol–water partition coefficient (Wildman–Crippen LogP) is -0.432. The fourth-order valence-electron chi connectivity index (χ4n) is 2.18. The minimum Gasteiger partial charge on any atom is -0.392 e. The van der Waals surface area contributed by atoms with Crippen molar-refractivity contribution in [1.82, 2.24) is 4.90 Å². The molecular formula is C12H16N2O4S. The highest BCUT2D eigenvalue weighted by Gasteiger charge is 2.36. The van der Waals surface area contributed by atoms with Crippen LogP contribution < -0.4 is 5.14 Å². The molecule has 0 aromatic heterocycles. The molecule has 1 atom stereocenters. The van der Waals surface area contributed by atoms with E-state index in [-0.39, 0.29) is 25.5 Å². The van der Waals surface area contributed by atoms with Gasteiger partial charge in [-0.25, -0.2) is 13.6 Å². The van der Waals surface area contributed by atoms with E-state index >= 15 is 0 Å². The number of rotatable bonds is 4. The Hall–Kier alpha value is -1.44. The lowest BCUT2D eigenvalue weighted by molar-refractivity contribution is -0.128. The Morgan fingerprint density at radius 3 is 2.47 bits per heavy atom. The van der Waals surface area contributed by atoms with Gasteiger partial charge in [-0.3, -0.25) is 4.79 Å². The van der Waals surface area contributed by atoms with Gasteiger partial charge in [0.2, 0.25) is 15.9 Å². The molecule has 0 spiro atoms. The average molecular weight is 284 g/mol. The van der Waals surface area contributed by atoms with E-state index in [4.69, 9.17) is 5.14 Å². The Bertz CT molecular complexity index is 585. The van der Waals surface area contributed by atoms with E-state index in [1.807, 2.05) is 12.1 Å². The number of sulfonamides is 1. The normalized spacial score (nSPS) is 20.0. The van der Waals surface area contributed by atoms with Gasteiger partial charge in [-0.15, -0.1) is 0 Å². The van der Waals surface area contributed by atoms with Crippen molar-refractivity contribution in [2.45, 2.75) is 24.8 Å². The minimum atomic E-state index is -3.69. The van der Waals surface area contributed by atoms with Crippen LogP contribution >= 0.6 is 0 Å². The van der Waals surface area contributed by atoms with Gasteiger partial charge < -0.3 is 10.0 Å². The van der Waals surface area contributed by atoms with Crippen LogP contribution in [0.4, 0.5) is 0 Å². The van der Waals surface area contributed by atoms with E-state index < -0.39 is 15.3 Å². The lowest BCUT2D eigenvalue weighted by atomic mass is 10.1. The first kappa shape index (κ1) is 14.0.